The first-order chi connectivity index (χ1) is 13.1. The summed E-state index contributed by atoms with van der Waals surface area (Å²) in [6.07, 6.45) is 1.84. The van der Waals surface area contributed by atoms with Gasteiger partial charge in [-0.2, -0.15) is 0 Å². The number of ether oxygens (including phenoxy) is 2. The van der Waals surface area contributed by atoms with Gasteiger partial charge in [-0.3, -0.25) is 10.8 Å². The van der Waals surface area contributed by atoms with Gasteiger partial charge >= 0.3 is 0 Å². The molecule has 1 heterocycles. The predicted molar refractivity (Wildman–Crippen MR) is 104 cm³/mol. The van der Waals surface area contributed by atoms with Gasteiger partial charge in [-0.25, -0.2) is 4.68 Å². The highest BCUT2D eigenvalue weighted by Crippen LogP contribution is 2.19. The molecule has 0 atom stereocenters. The Morgan fingerprint density at radius 3 is 1.89 bits per heavy atom. The number of nitrogens with one attached hydrogen (secondary N) is 2. The minimum absolute atomic E-state index is 0.154. The van der Waals surface area contributed by atoms with Crippen molar-refractivity contribution in [3.05, 3.63) is 65.9 Å². The van der Waals surface area contributed by atoms with Crippen LogP contribution in [0.1, 0.15) is 25.0 Å². The van der Waals surface area contributed by atoms with Gasteiger partial charge in [-0.05, 0) is 50.2 Å². The van der Waals surface area contributed by atoms with Crippen molar-refractivity contribution in [1.82, 2.24) is 15.0 Å². The lowest BCUT2D eigenvalue weighted by Crippen LogP contribution is -2.05. The van der Waals surface area contributed by atoms with Crippen LogP contribution in [0.15, 0.2) is 54.7 Å². The molecule has 0 aliphatic carbocycles. The van der Waals surface area contributed by atoms with E-state index < -0.39 is 0 Å². The predicted octanol–water partition coefficient (Wildman–Crippen LogP) is 3.66. The first kappa shape index (κ1) is 18.3. The zero-order valence-corrected chi connectivity index (χ0v) is 15.3. The number of hydrogen-bond acceptors (Lipinski definition) is 6. The molecule has 0 unspecified atom stereocenters. The van der Waals surface area contributed by atoms with Crippen molar-refractivity contribution in [3.8, 4) is 16.9 Å². The van der Waals surface area contributed by atoms with E-state index in [1.807, 2.05) is 68.6 Å². The number of rotatable bonds is 6. The molecule has 1 aromatic heterocycles. The second kappa shape index (κ2) is 8.27. The second-order valence-corrected chi connectivity index (χ2v) is 5.70. The lowest BCUT2D eigenvalue weighted by Gasteiger charge is -2.06. The van der Waals surface area contributed by atoms with Crippen LogP contribution in [0.3, 0.4) is 0 Å². The van der Waals surface area contributed by atoms with Crippen molar-refractivity contribution < 1.29 is 9.47 Å². The highest BCUT2D eigenvalue weighted by atomic mass is 16.5. The smallest absolute Gasteiger partial charge is 0.213 e. The molecule has 7 nitrogen and oxygen atoms in total. The SMILES string of the molecule is CCOC(=N)c1ccc(-c2cn(-c3ccc(C(=N)OCC)cc3)nn2)cc1. The van der Waals surface area contributed by atoms with Gasteiger partial charge in [0.25, 0.3) is 0 Å². The van der Waals surface area contributed by atoms with Crippen LogP contribution in [0.5, 0.6) is 0 Å². The average molecular weight is 363 g/mol. The molecule has 3 rings (SSSR count). The van der Waals surface area contributed by atoms with E-state index in [0.717, 1.165) is 22.5 Å². The fourth-order valence-corrected chi connectivity index (χ4v) is 2.54. The van der Waals surface area contributed by atoms with E-state index in [1.165, 1.54) is 0 Å². The average Bonchev–Trinajstić information content (AvgIpc) is 3.19. The Morgan fingerprint density at radius 2 is 1.37 bits per heavy atom. The number of nitrogens with zero attached hydrogens (tertiary/aromatic N) is 3. The molecule has 2 N–H and O–H groups in total. The van der Waals surface area contributed by atoms with Crippen molar-refractivity contribution in [1.29, 1.82) is 10.8 Å². The summed E-state index contributed by atoms with van der Waals surface area (Å²) in [5, 5.41) is 24.0. The maximum Gasteiger partial charge on any atom is 0.213 e. The van der Waals surface area contributed by atoms with Crippen LogP contribution in [0, 0.1) is 10.8 Å². The monoisotopic (exact) mass is 363 g/mol. The molecule has 7 heteroatoms. The molecule has 0 fully saturated rings. The van der Waals surface area contributed by atoms with Crippen molar-refractivity contribution >= 4 is 11.8 Å². The van der Waals surface area contributed by atoms with E-state index in [0.29, 0.717) is 18.8 Å². The maximum atomic E-state index is 7.82. The topological polar surface area (TPSA) is 96.9 Å². The Balaban J connectivity index is 1.76. The molecule has 27 heavy (non-hydrogen) atoms. The Labute approximate surface area is 157 Å². The molecule has 2 aromatic carbocycles. The first-order valence-electron chi connectivity index (χ1n) is 8.69. The summed E-state index contributed by atoms with van der Waals surface area (Å²) in [7, 11) is 0. The van der Waals surface area contributed by atoms with E-state index in [4.69, 9.17) is 20.3 Å². The maximum absolute atomic E-state index is 7.82. The van der Waals surface area contributed by atoms with E-state index >= 15 is 0 Å². The van der Waals surface area contributed by atoms with Gasteiger partial charge in [0.2, 0.25) is 11.8 Å². The van der Waals surface area contributed by atoms with Crippen LogP contribution < -0.4 is 0 Å². The number of aromatic nitrogens is 3. The molecule has 0 aliphatic rings. The van der Waals surface area contributed by atoms with Gasteiger partial charge < -0.3 is 9.47 Å². The summed E-state index contributed by atoms with van der Waals surface area (Å²) in [5.41, 5.74) is 3.92. The second-order valence-electron chi connectivity index (χ2n) is 5.70. The van der Waals surface area contributed by atoms with Crippen LogP contribution in [-0.2, 0) is 9.47 Å². The molecule has 0 radical (unpaired) electrons. The van der Waals surface area contributed by atoms with E-state index in [1.54, 1.807) is 4.68 Å². The summed E-state index contributed by atoms with van der Waals surface area (Å²) < 4.78 is 12.1. The molecule has 138 valence electrons. The molecule has 0 saturated carbocycles. The van der Waals surface area contributed by atoms with Crippen LogP contribution in [0.25, 0.3) is 16.9 Å². The standard InChI is InChI=1S/C20H21N5O2/c1-3-26-19(21)15-7-5-14(6-8-15)18-13-25(24-23-18)17-11-9-16(10-12-17)20(22)27-4-2/h5-13,21-22H,3-4H2,1-2H3. The molecule has 0 amide bonds. The molecule has 0 saturated heterocycles. The highest BCUT2D eigenvalue weighted by Gasteiger charge is 2.08. The van der Waals surface area contributed by atoms with Crippen LogP contribution >= 0.6 is 0 Å². The van der Waals surface area contributed by atoms with Gasteiger partial charge in [0.1, 0.15) is 5.69 Å². The van der Waals surface area contributed by atoms with Gasteiger partial charge in [-0.15, -0.1) is 5.10 Å². The van der Waals surface area contributed by atoms with Crippen molar-refractivity contribution in [2.75, 3.05) is 13.2 Å². The Morgan fingerprint density at radius 1 is 0.852 bits per heavy atom. The zero-order chi connectivity index (χ0) is 19.2. The van der Waals surface area contributed by atoms with Crippen molar-refractivity contribution in [2.45, 2.75) is 13.8 Å². The summed E-state index contributed by atoms with van der Waals surface area (Å²) in [5.74, 6) is 0.312. The fourth-order valence-electron chi connectivity index (χ4n) is 2.54. The number of benzene rings is 2. The minimum Gasteiger partial charge on any atom is -0.478 e. The van der Waals surface area contributed by atoms with Crippen LogP contribution in [-0.4, -0.2) is 40.0 Å². The van der Waals surface area contributed by atoms with Gasteiger partial charge in [0.15, 0.2) is 0 Å². The van der Waals surface area contributed by atoms with Gasteiger partial charge in [0, 0.05) is 16.7 Å². The molecule has 0 aliphatic heterocycles. The van der Waals surface area contributed by atoms with Gasteiger partial charge in [-0.1, -0.05) is 17.3 Å². The normalized spacial score (nSPS) is 10.4. The van der Waals surface area contributed by atoms with E-state index in [-0.39, 0.29) is 11.8 Å². The number of hydrogen-bond donors (Lipinski definition) is 2. The van der Waals surface area contributed by atoms with E-state index in [2.05, 4.69) is 10.3 Å². The third-order valence-electron chi connectivity index (χ3n) is 3.91. The molecule has 0 spiro atoms. The first-order valence-corrected chi connectivity index (χ1v) is 8.69. The Bertz CT molecular complexity index is 854. The summed E-state index contributed by atoms with van der Waals surface area (Å²) in [6.45, 7) is 4.65. The zero-order valence-electron chi connectivity index (χ0n) is 15.3. The lowest BCUT2D eigenvalue weighted by molar-refractivity contribution is 0.325. The van der Waals surface area contributed by atoms with Crippen molar-refractivity contribution in [2.24, 2.45) is 0 Å². The molecule has 0 bridgehead atoms. The summed E-state index contributed by atoms with van der Waals surface area (Å²) >= 11 is 0. The summed E-state index contributed by atoms with van der Waals surface area (Å²) in [6, 6.07) is 14.8. The molecular formula is C20H21N5O2. The van der Waals surface area contributed by atoms with Crippen molar-refractivity contribution in [3.63, 3.8) is 0 Å². The van der Waals surface area contributed by atoms with E-state index in [9.17, 15) is 0 Å². The van der Waals surface area contributed by atoms with Crippen LogP contribution in [0.4, 0.5) is 0 Å². The quantitative estimate of drug-likeness (QED) is 0.516. The Hall–Kier alpha value is -3.48. The molecular weight excluding hydrogens is 342 g/mol. The third kappa shape index (κ3) is 4.20. The van der Waals surface area contributed by atoms with Gasteiger partial charge in [0.05, 0.1) is 25.1 Å². The highest BCUT2D eigenvalue weighted by molar-refractivity contribution is 5.92. The Kier molecular flexibility index (Phi) is 5.61. The largest absolute Gasteiger partial charge is 0.478 e. The summed E-state index contributed by atoms with van der Waals surface area (Å²) in [4.78, 5) is 0. The van der Waals surface area contributed by atoms with Crippen LogP contribution in [0.2, 0.25) is 0 Å². The lowest BCUT2D eigenvalue weighted by atomic mass is 10.1. The minimum atomic E-state index is 0.154. The molecule has 3 aromatic rings. The fraction of sp³-hybridized carbons (Fsp3) is 0.200. The third-order valence-corrected chi connectivity index (χ3v) is 3.91.